The van der Waals surface area contributed by atoms with Gasteiger partial charge in [-0.3, -0.25) is 4.31 Å². The molecule has 0 saturated carbocycles. The first-order valence-corrected chi connectivity index (χ1v) is 11.4. The first kappa shape index (κ1) is 20.5. The number of nitrogens with zero attached hydrogens (tertiary/aromatic N) is 3. The third-order valence-corrected chi connectivity index (χ3v) is 7.58. The van der Waals surface area contributed by atoms with Gasteiger partial charge in [0.1, 0.15) is 15.6 Å². The van der Waals surface area contributed by atoms with Crippen molar-refractivity contribution in [1.82, 2.24) is 10.1 Å². The molecule has 4 aromatic rings. The Morgan fingerprint density at radius 3 is 2.70 bits per heavy atom. The summed E-state index contributed by atoms with van der Waals surface area (Å²) in [5, 5.41) is 6.07. The molecule has 0 amide bonds. The van der Waals surface area contributed by atoms with E-state index in [0.717, 1.165) is 15.6 Å². The van der Waals surface area contributed by atoms with Gasteiger partial charge in [-0.1, -0.05) is 35.0 Å². The fraction of sp³-hybridized carbons (Fsp3) is 0.100. The Bertz CT molecular complexity index is 1330. The molecule has 0 spiro atoms. The van der Waals surface area contributed by atoms with Crippen LogP contribution in [0.2, 0.25) is 5.02 Å². The molecule has 30 heavy (non-hydrogen) atoms. The number of aromatic nitrogens is 2. The average Bonchev–Trinajstić information content (AvgIpc) is 3.39. The molecular weight excluding hydrogens is 449 g/mol. The maximum Gasteiger partial charge on any atom is 0.269 e. The van der Waals surface area contributed by atoms with Gasteiger partial charge in [-0.2, -0.15) is 4.98 Å². The molecule has 0 unspecified atom stereocenters. The predicted octanol–water partition coefficient (Wildman–Crippen LogP) is 5.39. The number of hydrogen-bond acceptors (Lipinski definition) is 6. The van der Waals surface area contributed by atoms with Crippen LogP contribution in [0.1, 0.15) is 5.56 Å². The zero-order chi connectivity index (χ0) is 21.5. The number of sulfonamides is 1. The molecule has 2 aromatic carbocycles. The molecule has 0 fully saturated rings. The van der Waals surface area contributed by atoms with Gasteiger partial charge in [0.2, 0.25) is 5.82 Å². The van der Waals surface area contributed by atoms with Gasteiger partial charge in [0.15, 0.2) is 0 Å². The van der Waals surface area contributed by atoms with Crippen LogP contribution in [0.3, 0.4) is 0 Å². The van der Waals surface area contributed by atoms with Crippen molar-refractivity contribution < 1.29 is 17.3 Å². The smallest absolute Gasteiger partial charge is 0.269 e. The molecule has 0 radical (unpaired) electrons. The van der Waals surface area contributed by atoms with E-state index < -0.39 is 15.8 Å². The highest BCUT2D eigenvalue weighted by molar-refractivity contribution is 7.93. The SMILES string of the molecule is Cc1ccc(N(C)S(=O)(=O)c2ccsc2-c2nc(-c3cccc(Cl)c3)no2)cc1F. The van der Waals surface area contributed by atoms with Crippen LogP contribution in [-0.2, 0) is 10.0 Å². The van der Waals surface area contributed by atoms with E-state index in [-0.39, 0.29) is 16.5 Å². The molecular formula is C20H15ClFN3O3S2. The summed E-state index contributed by atoms with van der Waals surface area (Å²) >= 11 is 7.16. The summed E-state index contributed by atoms with van der Waals surface area (Å²) in [6.07, 6.45) is 0. The number of benzene rings is 2. The second-order valence-corrected chi connectivity index (χ2v) is 9.74. The van der Waals surface area contributed by atoms with Crippen molar-refractivity contribution in [2.75, 3.05) is 11.4 Å². The van der Waals surface area contributed by atoms with E-state index in [1.807, 2.05) is 0 Å². The van der Waals surface area contributed by atoms with Gasteiger partial charge < -0.3 is 4.52 Å². The van der Waals surface area contributed by atoms with Gasteiger partial charge in [0.25, 0.3) is 15.9 Å². The summed E-state index contributed by atoms with van der Waals surface area (Å²) in [5.41, 5.74) is 1.28. The van der Waals surface area contributed by atoms with Crippen LogP contribution in [0, 0.1) is 12.7 Å². The maximum absolute atomic E-state index is 13.9. The van der Waals surface area contributed by atoms with Crippen molar-refractivity contribution in [2.45, 2.75) is 11.8 Å². The van der Waals surface area contributed by atoms with Gasteiger partial charge >= 0.3 is 0 Å². The fourth-order valence-electron chi connectivity index (χ4n) is 2.78. The molecule has 0 aliphatic heterocycles. The number of aryl methyl sites for hydroxylation is 1. The van der Waals surface area contributed by atoms with E-state index in [9.17, 15) is 12.8 Å². The van der Waals surface area contributed by atoms with E-state index in [1.54, 1.807) is 42.6 Å². The standard InChI is InChI=1S/C20H15ClFN3O3S2/c1-12-6-7-15(11-16(12)22)25(2)30(26,27)17-8-9-29-18(17)20-23-19(24-28-20)13-4-3-5-14(21)10-13/h3-11H,1-2H3. The Morgan fingerprint density at radius 2 is 1.97 bits per heavy atom. The minimum absolute atomic E-state index is 0.00252. The summed E-state index contributed by atoms with van der Waals surface area (Å²) in [5.74, 6) is -0.122. The Labute approximate surface area is 181 Å². The van der Waals surface area contributed by atoms with Gasteiger partial charge in [0.05, 0.1) is 5.69 Å². The lowest BCUT2D eigenvalue weighted by Gasteiger charge is -2.19. The molecule has 2 heterocycles. The average molecular weight is 464 g/mol. The molecule has 154 valence electrons. The van der Waals surface area contributed by atoms with E-state index in [0.29, 0.717) is 26.9 Å². The quantitative estimate of drug-likeness (QED) is 0.396. The van der Waals surface area contributed by atoms with Crippen molar-refractivity contribution >= 4 is 38.6 Å². The lowest BCUT2D eigenvalue weighted by molar-refractivity contribution is 0.432. The maximum atomic E-state index is 13.9. The predicted molar refractivity (Wildman–Crippen MR) is 115 cm³/mol. The van der Waals surface area contributed by atoms with Crippen molar-refractivity contribution in [1.29, 1.82) is 0 Å². The van der Waals surface area contributed by atoms with E-state index in [2.05, 4.69) is 10.1 Å². The number of hydrogen-bond donors (Lipinski definition) is 0. The molecule has 6 nitrogen and oxygen atoms in total. The lowest BCUT2D eigenvalue weighted by atomic mass is 10.2. The second kappa shape index (κ2) is 7.82. The highest BCUT2D eigenvalue weighted by atomic mass is 35.5. The Hall–Kier alpha value is -2.75. The monoisotopic (exact) mass is 463 g/mol. The van der Waals surface area contributed by atoms with Crippen LogP contribution in [0.5, 0.6) is 0 Å². The number of halogens is 2. The van der Waals surface area contributed by atoms with Gasteiger partial charge in [0, 0.05) is 17.6 Å². The van der Waals surface area contributed by atoms with Crippen molar-refractivity contribution in [2.24, 2.45) is 0 Å². The number of thiophene rings is 1. The van der Waals surface area contributed by atoms with Crippen LogP contribution in [0.15, 0.2) is 63.3 Å². The van der Waals surface area contributed by atoms with E-state index in [4.69, 9.17) is 16.1 Å². The van der Waals surface area contributed by atoms with Crippen LogP contribution < -0.4 is 4.31 Å². The molecule has 2 aromatic heterocycles. The molecule has 10 heteroatoms. The Balaban J connectivity index is 1.71. The topological polar surface area (TPSA) is 76.3 Å². The second-order valence-electron chi connectivity index (χ2n) is 6.45. The highest BCUT2D eigenvalue weighted by Crippen LogP contribution is 2.35. The molecule has 0 N–H and O–H groups in total. The molecule has 0 aliphatic rings. The summed E-state index contributed by atoms with van der Waals surface area (Å²) in [6, 6.07) is 12.6. The first-order valence-electron chi connectivity index (χ1n) is 8.70. The normalized spacial score (nSPS) is 11.6. The van der Waals surface area contributed by atoms with Crippen molar-refractivity contribution in [3.63, 3.8) is 0 Å². The molecule has 4 rings (SSSR count). The zero-order valence-corrected chi connectivity index (χ0v) is 18.2. The van der Waals surface area contributed by atoms with Gasteiger partial charge in [-0.05, 0) is 48.2 Å². The van der Waals surface area contributed by atoms with E-state index in [1.165, 1.54) is 25.2 Å². The van der Waals surface area contributed by atoms with Crippen LogP contribution in [0.25, 0.3) is 22.2 Å². The van der Waals surface area contributed by atoms with Crippen molar-refractivity contribution in [3.8, 4) is 22.2 Å². The highest BCUT2D eigenvalue weighted by Gasteiger charge is 2.29. The lowest BCUT2D eigenvalue weighted by Crippen LogP contribution is -2.26. The summed E-state index contributed by atoms with van der Waals surface area (Å²) in [7, 11) is -2.62. The number of anilines is 1. The van der Waals surface area contributed by atoms with Crippen LogP contribution in [0.4, 0.5) is 10.1 Å². The van der Waals surface area contributed by atoms with Crippen LogP contribution >= 0.6 is 22.9 Å². The molecule has 0 saturated heterocycles. The third kappa shape index (κ3) is 3.71. The number of rotatable bonds is 5. The summed E-state index contributed by atoms with van der Waals surface area (Å²) < 4.78 is 46.7. The minimum atomic E-state index is -3.99. The third-order valence-electron chi connectivity index (χ3n) is 4.49. The molecule has 0 bridgehead atoms. The molecule has 0 aliphatic carbocycles. The summed E-state index contributed by atoms with van der Waals surface area (Å²) in [4.78, 5) is 4.63. The molecule has 0 atom stereocenters. The van der Waals surface area contributed by atoms with Crippen molar-refractivity contribution in [3.05, 3.63) is 70.3 Å². The van der Waals surface area contributed by atoms with Gasteiger partial charge in [-0.25, -0.2) is 12.8 Å². The van der Waals surface area contributed by atoms with Crippen LogP contribution in [-0.4, -0.2) is 25.6 Å². The summed E-state index contributed by atoms with van der Waals surface area (Å²) in [6.45, 7) is 1.61. The van der Waals surface area contributed by atoms with E-state index >= 15 is 0 Å². The Morgan fingerprint density at radius 1 is 1.17 bits per heavy atom. The minimum Gasteiger partial charge on any atom is -0.333 e. The fourth-order valence-corrected chi connectivity index (χ4v) is 5.47. The van der Waals surface area contributed by atoms with Gasteiger partial charge in [-0.15, -0.1) is 11.3 Å². The zero-order valence-electron chi connectivity index (χ0n) is 15.8. The Kier molecular flexibility index (Phi) is 5.35. The first-order chi connectivity index (χ1) is 14.3. The largest absolute Gasteiger partial charge is 0.333 e.